The predicted octanol–water partition coefficient (Wildman–Crippen LogP) is 3.90. The number of hydrogen-bond acceptors (Lipinski definition) is 3. The molecule has 1 amide bonds. The molecule has 0 unspecified atom stereocenters. The summed E-state index contributed by atoms with van der Waals surface area (Å²) in [6.07, 6.45) is 1.75. The van der Waals surface area contributed by atoms with Crippen molar-refractivity contribution in [2.45, 2.75) is 45.8 Å². The van der Waals surface area contributed by atoms with Crippen LogP contribution in [0.25, 0.3) is 5.69 Å². The molecule has 0 saturated carbocycles. The third-order valence-electron chi connectivity index (χ3n) is 4.34. The van der Waals surface area contributed by atoms with Crippen LogP contribution in [0.3, 0.4) is 0 Å². The van der Waals surface area contributed by atoms with E-state index in [2.05, 4.69) is 18.9 Å². The van der Waals surface area contributed by atoms with E-state index in [1.54, 1.807) is 6.20 Å². The highest BCUT2D eigenvalue weighted by Gasteiger charge is 2.30. The van der Waals surface area contributed by atoms with Gasteiger partial charge in [0.05, 0.1) is 35.3 Å². The van der Waals surface area contributed by atoms with Gasteiger partial charge in [-0.2, -0.15) is 5.10 Å². The standard InChI is InChI=1S/C19H24ClN3O2/c1-12(2)18-17(19(24)22-10-13(3)25-14(4)11-22)9-21-23(18)16-7-5-6-15(20)8-16/h5-9,12-14H,10-11H2,1-4H3/t13-,14-/m0/s1. The van der Waals surface area contributed by atoms with Crippen LogP contribution in [0.2, 0.25) is 5.02 Å². The second kappa shape index (κ2) is 7.18. The highest BCUT2D eigenvalue weighted by atomic mass is 35.5. The number of nitrogens with zero attached hydrogens (tertiary/aromatic N) is 3. The van der Waals surface area contributed by atoms with Gasteiger partial charge in [-0.05, 0) is 38.0 Å². The van der Waals surface area contributed by atoms with Gasteiger partial charge in [0.25, 0.3) is 5.91 Å². The quantitative estimate of drug-likeness (QED) is 0.833. The van der Waals surface area contributed by atoms with Crippen molar-refractivity contribution in [1.82, 2.24) is 14.7 Å². The lowest BCUT2D eigenvalue weighted by Crippen LogP contribution is -2.48. The van der Waals surface area contributed by atoms with Gasteiger partial charge in [-0.1, -0.05) is 31.5 Å². The molecule has 3 rings (SSSR count). The van der Waals surface area contributed by atoms with Crippen LogP contribution in [0.5, 0.6) is 0 Å². The minimum absolute atomic E-state index is 0.0129. The fourth-order valence-corrected chi connectivity index (χ4v) is 3.59. The zero-order valence-corrected chi connectivity index (χ0v) is 15.8. The van der Waals surface area contributed by atoms with Crippen molar-refractivity contribution in [1.29, 1.82) is 0 Å². The Balaban J connectivity index is 1.98. The Kier molecular flexibility index (Phi) is 5.16. The van der Waals surface area contributed by atoms with Crippen LogP contribution in [-0.2, 0) is 4.74 Å². The number of rotatable bonds is 3. The molecule has 1 aliphatic heterocycles. The first kappa shape index (κ1) is 18.0. The molecule has 1 aromatic heterocycles. The largest absolute Gasteiger partial charge is 0.372 e. The van der Waals surface area contributed by atoms with Gasteiger partial charge < -0.3 is 9.64 Å². The minimum Gasteiger partial charge on any atom is -0.372 e. The number of ether oxygens (including phenoxy) is 1. The third kappa shape index (κ3) is 3.72. The van der Waals surface area contributed by atoms with Crippen LogP contribution in [-0.4, -0.2) is 45.9 Å². The smallest absolute Gasteiger partial charge is 0.257 e. The van der Waals surface area contributed by atoms with Crippen molar-refractivity contribution in [3.63, 3.8) is 0 Å². The zero-order valence-electron chi connectivity index (χ0n) is 15.1. The van der Waals surface area contributed by atoms with E-state index in [1.807, 2.05) is 47.7 Å². The molecule has 2 aromatic rings. The predicted molar refractivity (Wildman–Crippen MR) is 98.6 cm³/mol. The highest BCUT2D eigenvalue weighted by molar-refractivity contribution is 6.30. The monoisotopic (exact) mass is 361 g/mol. The third-order valence-corrected chi connectivity index (χ3v) is 4.58. The SMILES string of the molecule is CC(C)c1c(C(=O)N2C[C@H](C)O[C@@H](C)C2)cnn1-c1cccc(Cl)c1. The summed E-state index contributed by atoms with van der Waals surface area (Å²) in [5, 5.41) is 5.13. The topological polar surface area (TPSA) is 47.4 Å². The van der Waals surface area contributed by atoms with Crippen LogP contribution in [0.4, 0.5) is 0 Å². The summed E-state index contributed by atoms with van der Waals surface area (Å²) < 4.78 is 7.55. The van der Waals surface area contributed by atoms with Gasteiger partial charge in [-0.15, -0.1) is 0 Å². The van der Waals surface area contributed by atoms with Crippen LogP contribution in [0.1, 0.15) is 49.7 Å². The number of benzene rings is 1. The molecular weight excluding hydrogens is 338 g/mol. The average Bonchev–Trinajstić information content (AvgIpc) is 2.98. The Hall–Kier alpha value is -1.85. The Labute approximate surface area is 153 Å². The van der Waals surface area contributed by atoms with Crippen molar-refractivity contribution >= 4 is 17.5 Å². The van der Waals surface area contributed by atoms with Crippen LogP contribution in [0, 0.1) is 0 Å². The number of carbonyl (C=O) groups is 1. The first-order chi connectivity index (χ1) is 11.9. The fraction of sp³-hybridized carbons (Fsp3) is 0.474. The molecule has 0 N–H and O–H groups in total. The van der Waals surface area contributed by atoms with E-state index in [0.717, 1.165) is 11.4 Å². The Morgan fingerprint density at radius 3 is 2.56 bits per heavy atom. The molecule has 0 spiro atoms. The maximum Gasteiger partial charge on any atom is 0.257 e. The lowest BCUT2D eigenvalue weighted by Gasteiger charge is -2.35. The summed E-state index contributed by atoms with van der Waals surface area (Å²) in [6, 6.07) is 7.51. The van der Waals surface area contributed by atoms with Crippen LogP contribution < -0.4 is 0 Å². The summed E-state index contributed by atoms with van der Waals surface area (Å²) in [7, 11) is 0. The zero-order chi connectivity index (χ0) is 18.1. The van der Waals surface area contributed by atoms with Crippen LogP contribution >= 0.6 is 11.6 Å². The van der Waals surface area contributed by atoms with Gasteiger partial charge >= 0.3 is 0 Å². The first-order valence-corrected chi connectivity index (χ1v) is 9.03. The summed E-state index contributed by atoms with van der Waals surface area (Å²) in [5.41, 5.74) is 2.41. The number of amides is 1. The molecule has 0 aliphatic carbocycles. The molecule has 134 valence electrons. The van der Waals surface area contributed by atoms with Gasteiger partial charge in [0.1, 0.15) is 0 Å². The summed E-state index contributed by atoms with van der Waals surface area (Å²) in [4.78, 5) is 15.0. The lowest BCUT2D eigenvalue weighted by atomic mass is 10.0. The van der Waals surface area contributed by atoms with Crippen molar-refractivity contribution in [3.05, 3.63) is 46.7 Å². The molecule has 2 atom stereocenters. The maximum absolute atomic E-state index is 13.1. The molecule has 0 bridgehead atoms. The van der Waals surface area contributed by atoms with E-state index < -0.39 is 0 Å². The molecule has 2 heterocycles. The molecule has 1 fully saturated rings. The van der Waals surface area contributed by atoms with E-state index >= 15 is 0 Å². The second-order valence-electron chi connectivity index (χ2n) is 6.96. The molecule has 5 nitrogen and oxygen atoms in total. The minimum atomic E-state index is 0.0129. The second-order valence-corrected chi connectivity index (χ2v) is 7.39. The van der Waals surface area contributed by atoms with E-state index in [0.29, 0.717) is 23.7 Å². The molecule has 1 aromatic carbocycles. The Bertz CT molecular complexity index is 762. The van der Waals surface area contributed by atoms with Gasteiger partial charge in [0.2, 0.25) is 0 Å². The van der Waals surface area contributed by atoms with Crippen molar-refractivity contribution in [2.75, 3.05) is 13.1 Å². The number of aromatic nitrogens is 2. The molecule has 1 saturated heterocycles. The molecule has 6 heteroatoms. The molecular formula is C19H24ClN3O2. The number of carbonyl (C=O) groups excluding carboxylic acids is 1. The molecule has 25 heavy (non-hydrogen) atoms. The van der Waals surface area contributed by atoms with E-state index in [1.165, 1.54) is 0 Å². The van der Waals surface area contributed by atoms with E-state index in [9.17, 15) is 4.79 Å². The fourth-order valence-electron chi connectivity index (χ4n) is 3.41. The summed E-state index contributed by atoms with van der Waals surface area (Å²) >= 11 is 6.12. The Morgan fingerprint density at radius 1 is 1.28 bits per heavy atom. The van der Waals surface area contributed by atoms with Gasteiger partial charge in [-0.3, -0.25) is 4.79 Å². The highest BCUT2D eigenvalue weighted by Crippen LogP contribution is 2.26. The van der Waals surface area contributed by atoms with Crippen molar-refractivity contribution < 1.29 is 9.53 Å². The van der Waals surface area contributed by atoms with E-state index in [4.69, 9.17) is 16.3 Å². The van der Waals surface area contributed by atoms with Crippen LogP contribution in [0.15, 0.2) is 30.5 Å². The van der Waals surface area contributed by atoms with Gasteiger partial charge in [0.15, 0.2) is 0 Å². The summed E-state index contributed by atoms with van der Waals surface area (Å²) in [5.74, 6) is 0.162. The molecule has 0 radical (unpaired) electrons. The number of halogens is 1. The van der Waals surface area contributed by atoms with Gasteiger partial charge in [0, 0.05) is 18.1 Å². The lowest BCUT2D eigenvalue weighted by molar-refractivity contribution is -0.0586. The number of morpholine rings is 1. The number of hydrogen-bond donors (Lipinski definition) is 0. The van der Waals surface area contributed by atoms with Gasteiger partial charge in [-0.25, -0.2) is 4.68 Å². The average molecular weight is 362 g/mol. The first-order valence-electron chi connectivity index (χ1n) is 8.65. The van der Waals surface area contributed by atoms with Crippen molar-refractivity contribution in [3.8, 4) is 5.69 Å². The summed E-state index contributed by atoms with van der Waals surface area (Å²) in [6.45, 7) is 9.33. The normalized spacial score (nSPS) is 21.0. The van der Waals surface area contributed by atoms with Crippen molar-refractivity contribution in [2.24, 2.45) is 0 Å². The van der Waals surface area contributed by atoms with E-state index in [-0.39, 0.29) is 24.0 Å². The maximum atomic E-state index is 13.1. The Morgan fingerprint density at radius 2 is 1.96 bits per heavy atom. The molecule has 1 aliphatic rings.